The van der Waals surface area contributed by atoms with Gasteiger partial charge < -0.3 is 0 Å². The molecule has 3 unspecified atom stereocenters. The molecule has 0 aromatic carbocycles. The molecule has 0 aromatic rings. The van der Waals surface area contributed by atoms with Crippen LogP contribution in [0.5, 0.6) is 0 Å². The number of thioether (sulfide) groups is 2. The van der Waals surface area contributed by atoms with Crippen molar-refractivity contribution in [3.63, 3.8) is 0 Å². The van der Waals surface area contributed by atoms with Crippen molar-refractivity contribution in [2.45, 2.75) is 43.1 Å². The third kappa shape index (κ3) is 2.84. The SMILES string of the molecule is CCC(CS)C1SCC[C@@H]1C1CCCS1. The van der Waals surface area contributed by atoms with Crippen molar-refractivity contribution >= 4 is 36.2 Å². The van der Waals surface area contributed by atoms with Crippen LogP contribution in [0.2, 0.25) is 0 Å². The van der Waals surface area contributed by atoms with Gasteiger partial charge in [0.2, 0.25) is 0 Å². The molecule has 0 aromatic heterocycles. The van der Waals surface area contributed by atoms with Crippen LogP contribution in [0.3, 0.4) is 0 Å². The van der Waals surface area contributed by atoms with Gasteiger partial charge in [-0.2, -0.15) is 36.2 Å². The van der Waals surface area contributed by atoms with Crippen LogP contribution in [0.4, 0.5) is 0 Å². The van der Waals surface area contributed by atoms with Crippen molar-refractivity contribution in [1.82, 2.24) is 0 Å². The Kier molecular flexibility index (Phi) is 5.09. The highest BCUT2D eigenvalue weighted by atomic mass is 32.2. The first-order chi connectivity index (χ1) is 7.36. The zero-order valence-electron chi connectivity index (χ0n) is 9.52. The molecule has 3 heteroatoms. The summed E-state index contributed by atoms with van der Waals surface area (Å²) in [5, 5.41) is 1.90. The fourth-order valence-electron chi connectivity index (χ4n) is 2.92. The van der Waals surface area contributed by atoms with E-state index in [1.807, 2.05) is 0 Å². The third-order valence-electron chi connectivity index (χ3n) is 3.85. The number of rotatable bonds is 4. The van der Waals surface area contributed by atoms with Gasteiger partial charge in [-0.05, 0) is 48.4 Å². The maximum atomic E-state index is 4.53. The molecule has 2 rings (SSSR count). The molecule has 0 radical (unpaired) electrons. The molecule has 2 fully saturated rings. The van der Waals surface area contributed by atoms with E-state index in [9.17, 15) is 0 Å². The van der Waals surface area contributed by atoms with Gasteiger partial charge in [0.1, 0.15) is 0 Å². The number of hydrogen-bond donors (Lipinski definition) is 1. The predicted octanol–water partition coefficient (Wildman–Crippen LogP) is 3.96. The summed E-state index contributed by atoms with van der Waals surface area (Å²) in [5.74, 6) is 5.75. The van der Waals surface area contributed by atoms with Crippen LogP contribution in [0.1, 0.15) is 32.6 Å². The van der Waals surface area contributed by atoms with Crippen LogP contribution in [-0.2, 0) is 0 Å². The highest BCUT2D eigenvalue weighted by Crippen LogP contribution is 2.46. The lowest BCUT2D eigenvalue weighted by Gasteiger charge is -2.29. The molecular weight excluding hydrogens is 240 g/mol. The molecule has 2 aliphatic heterocycles. The maximum absolute atomic E-state index is 4.53. The summed E-state index contributed by atoms with van der Waals surface area (Å²) in [5.41, 5.74) is 0. The third-order valence-corrected chi connectivity index (χ3v) is 7.45. The lowest BCUT2D eigenvalue weighted by atomic mass is 9.87. The van der Waals surface area contributed by atoms with E-state index >= 15 is 0 Å². The summed E-state index contributed by atoms with van der Waals surface area (Å²) >= 11 is 9.01. The Labute approximate surface area is 108 Å². The Hall–Kier alpha value is 1.05. The van der Waals surface area contributed by atoms with Crippen molar-refractivity contribution in [2.24, 2.45) is 11.8 Å². The van der Waals surface area contributed by atoms with Gasteiger partial charge in [0, 0.05) is 10.5 Å². The van der Waals surface area contributed by atoms with Crippen LogP contribution in [0.25, 0.3) is 0 Å². The van der Waals surface area contributed by atoms with Gasteiger partial charge >= 0.3 is 0 Å². The minimum absolute atomic E-state index is 0.854. The van der Waals surface area contributed by atoms with E-state index in [1.165, 1.54) is 37.2 Å². The summed E-state index contributed by atoms with van der Waals surface area (Å²) in [6.45, 7) is 2.33. The van der Waals surface area contributed by atoms with Crippen molar-refractivity contribution in [1.29, 1.82) is 0 Å². The van der Waals surface area contributed by atoms with E-state index in [0.29, 0.717) is 0 Å². The van der Waals surface area contributed by atoms with E-state index < -0.39 is 0 Å². The average Bonchev–Trinajstić information content (AvgIpc) is 2.88. The predicted molar refractivity (Wildman–Crippen MR) is 77.5 cm³/mol. The molecule has 88 valence electrons. The largest absolute Gasteiger partial charge is 0.179 e. The minimum atomic E-state index is 0.854. The minimum Gasteiger partial charge on any atom is -0.179 e. The summed E-state index contributed by atoms with van der Waals surface area (Å²) < 4.78 is 0. The average molecular weight is 263 g/mol. The Morgan fingerprint density at radius 2 is 2.13 bits per heavy atom. The second kappa shape index (κ2) is 6.11. The summed E-state index contributed by atoms with van der Waals surface area (Å²) in [4.78, 5) is 0. The second-order valence-electron chi connectivity index (χ2n) is 4.69. The molecule has 2 saturated heterocycles. The van der Waals surface area contributed by atoms with E-state index in [1.54, 1.807) is 0 Å². The fourth-order valence-corrected chi connectivity index (χ4v) is 6.98. The van der Waals surface area contributed by atoms with Gasteiger partial charge in [0.05, 0.1) is 0 Å². The Balaban J connectivity index is 1.97. The van der Waals surface area contributed by atoms with Crippen molar-refractivity contribution in [2.75, 3.05) is 17.3 Å². The molecule has 0 bridgehead atoms. The van der Waals surface area contributed by atoms with Crippen LogP contribution in [-0.4, -0.2) is 27.8 Å². The molecule has 0 nitrogen and oxygen atoms in total. The topological polar surface area (TPSA) is 0 Å². The first kappa shape index (κ1) is 12.5. The molecule has 15 heavy (non-hydrogen) atoms. The summed E-state index contributed by atoms with van der Waals surface area (Å²) in [6, 6.07) is 0. The first-order valence-electron chi connectivity index (χ1n) is 6.21. The Bertz CT molecular complexity index is 177. The standard InChI is InChI=1S/C12H22S3/c1-2-9(8-13)12-10(5-7-15-12)11-4-3-6-14-11/h9-13H,2-8H2,1H3/t9?,10-,11?,12?/m1/s1. The Morgan fingerprint density at radius 3 is 2.73 bits per heavy atom. The van der Waals surface area contributed by atoms with Crippen LogP contribution in [0, 0.1) is 11.8 Å². The maximum Gasteiger partial charge on any atom is 0.0122 e. The second-order valence-corrected chi connectivity index (χ2v) is 7.69. The van der Waals surface area contributed by atoms with Crippen LogP contribution < -0.4 is 0 Å². The van der Waals surface area contributed by atoms with Gasteiger partial charge in [0.15, 0.2) is 0 Å². The summed E-state index contributed by atoms with van der Waals surface area (Å²) in [7, 11) is 0. The van der Waals surface area contributed by atoms with E-state index in [4.69, 9.17) is 0 Å². The van der Waals surface area contributed by atoms with Gasteiger partial charge in [-0.3, -0.25) is 0 Å². The van der Waals surface area contributed by atoms with E-state index in [-0.39, 0.29) is 0 Å². The molecule has 0 spiro atoms. The van der Waals surface area contributed by atoms with Crippen molar-refractivity contribution < 1.29 is 0 Å². The zero-order chi connectivity index (χ0) is 10.7. The smallest absolute Gasteiger partial charge is 0.0122 e. The van der Waals surface area contributed by atoms with Crippen LogP contribution >= 0.6 is 36.2 Å². The van der Waals surface area contributed by atoms with Gasteiger partial charge in [0.25, 0.3) is 0 Å². The molecule has 0 amide bonds. The van der Waals surface area contributed by atoms with Crippen molar-refractivity contribution in [3.8, 4) is 0 Å². The number of hydrogen-bond acceptors (Lipinski definition) is 3. The lowest BCUT2D eigenvalue weighted by molar-refractivity contribution is 0.396. The van der Waals surface area contributed by atoms with E-state index in [2.05, 4.69) is 43.1 Å². The molecule has 2 heterocycles. The fraction of sp³-hybridized carbons (Fsp3) is 1.00. The molecule has 0 N–H and O–H groups in total. The zero-order valence-corrected chi connectivity index (χ0v) is 12.1. The normalized spacial score (nSPS) is 38.4. The van der Waals surface area contributed by atoms with Gasteiger partial charge in [-0.1, -0.05) is 13.3 Å². The molecule has 0 saturated carbocycles. The van der Waals surface area contributed by atoms with E-state index in [0.717, 1.165) is 28.1 Å². The first-order valence-corrected chi connectivity index (χ1v) is 8.94. The number of thiol groups is 1. The molecular formula is C12H22S3. The molecule has 4 atom stereocenters. The highest BCUT2D eigenvalue weighted by Gasteiger charge is 2.38. The van der Waals surface area contributed by atoms with Crippen molar-refractivity contribution in [3.05, 3.63) is 0 Å². The van der Waals surface area contributed by atoms with Gasteiger partial charge in [-0.25, -0.2) is 0 Å². The summed E-state index contributed by atoms with van der Waals surface area (Å²) in [6.07, 6.45) is 5.72. The highest BCUT2D eigenvalue weighted by molar-refractivity contribution is 8.01. The molecule has 0 aliphatic carbocycles. The van der Waals surface area contributed by atoms with Crippen LogP contribution in [0.15, 0.2) is 0 Å². The molecule has 2 aliphatic rings. The Morgan fingerprint density at radius 1 is 1.27 bits per heavy atom. The lowest BCUT2D eigenvalue weighted by Crippen LogP contribution is -2.29. The quantitative estimate of drug-likeness (QED) is 0.762. The monoisotopic (exact) mass is 262 g/mol. The van der Waals surface area contributed by atoms with Gasteiger partial charge in [-0.15, -0.1) is 0 Å².